The molecule has 4 saturated carbocycles. The zero-order chi connectivity index (χ0) is 15.0. The molecule has 0 radical (unpaired) electrons. The fraction of sp³-hybridized carbons (Fsp3) is 0.565. The second-order valence-electron chi connectivity index (χ2n) is 9.24. The second kappa shape index (κ2) is 4.41. The van der Waals surface area contributed by atoms with Gasteiger partial charge in [-0.25, -0.2) is 0 Å². The first kappa shape index (κ1) is 13.0. The summed E-state index contributed by atoms with van der Waals surface area (Å²) in [5.74, 6) is 4.32. The Morgan fingerprint density at radius 1 is 0.826 bits per heavy atom. The molecule has 0 N–H and O–H groups in total. The van der Waals surface area contributed by atoms with Gasteiger partial charge in [-0.3, -0.25) is 0 Å². The molecule has 2 aromatic carbocycles. The highest BCUT2D eigenvalue weighted by Gasteiger charge is 2.58. The summed E-state index contributed by atoms with van der Waals surface area (Å²) in [6.07, 6.45) is 12.1. The smallest absolute Gasteiger partial charge is 0.0181 e. The Morgan fingerprint density at radius 3 is 2.22 bits per heavy atom. The Morgan fingerprint density at radius 2 is 1.52 bits per heavy atom. The molecule has 118 valence electrons. The third-order valence-electron chi connectivity index (χ3n) is 8.13. The summed E-state index contributed by atoms with van der Waals surface area (Å²) >= 11 is 0. The highest BCUT2D eigenvalue weighted by molar-refractivity contribution is 5.84. The molecule has 7 rings (SSSR count). The minimum Gasteiger partial charge on any atom is -0.0616 e. The van der Waals surface area contributed by atoms with Gasteiger partial charge in [0.05, 0.1) is 0 Å². The van der Waals surface area contributed by atoms with Crippen LogP contribution in [0.1, 0.15) is 49.7 Å². The Hall–Kier alpha value is -1.30. The van der Waals surface area contributed by atoms with Gasteiger partial charge in [-0.1, -0.05) is 36.4 Å². The highest BCUT2D eigenvalue weighted by Crippen LogP contribution is 2.67. The van der Waals surface area contributed by atoms with Crippen LogP contribution in [-0.4, -0.2) is 0 Å². The van der Waals surface area contributed by atoms with E-state index >= 15 is 0 Å². The van der Waals surface area contributed by atoms with E-state index in [1.54, 1.807) is 43.2 Å². The third kappa shape index (κ3) is 1.78. The zero-order valence-corrected chi connectivity index (χ0v) is 13.9. The summed E-state index contributed by atoms with van der Waals surface area (Å²) in [5.41, 5.74) is 4.07. The molecule has 0 amide bonds. The van der Waals surface area contributed by atoms with Crippen molar-refractivity contribution in [2.24, 2.45) is 29.1 Å². The van der Waals surface area contributed by atoms with Gasteiger partial charge in [0, 0.05) is 0 Å². The Labute approximate surface area is 139 Å². The van der Waals surface area contributed by atoms with Crippen molar-refractivity contribution in [3.05, 3.63) is 47.5 Å². The minimum absolute atomic E-state index is 0.750. The van der Waals surface area contributed by atoms with E-state index in [9.17, 15) is 0 Å². The number of aryl methyl sites for hydroxylation is 1. The van der Waals surface area contributed by atoms with E-state index in [1.165, 1.54) is 30.0 Å². The van der Waals surface area contributed by atoms with Crippen LogP contribution in [-0.2, 0) is 12.8 Å². The molecule has 3 atom stereocenters. The summed E-state index contributed by atoms with van der Waals surface area (Å²) < 4.78 is 0. The number of hydrogen-bond acceptors (Lipinski definition) is 0. The lowest BCUT2D eigenvalue weighted by molar-refractivity contribution is 0.0598. The second-order valence-corrected chi connectivity index (χ2v) is 9.24. The van der Waals surface area contributed by atoms with Crippen LogP contribution in [0.4, 0.5) is 0 Å². The van der Waals surface area contributed by atoms with Crippen molar-refractivity contribution < 1.29 is 0 Å². The maximum absolute atomic E-state index is 2.52. The van der Waals surface area contributed by atoms with Crippen molar-refractivity contribution in [2.45, 2.75) is 51.4 Å². The van der Waals surface area contributed by atoms with Gasteiger partial charge in [-0.05, 0) is 102 Å². The summed E-state index contributed by atoms with van der Waals surface area (Å²) in [6, 6.07) is 13.9. The van der Waals surface area contributed by atoms with Crippen molar-refractivity contribution in [2.75, 3.05) is 0 Å². The number of rotatable bonds is 1. The molecule has 5 aliphatic carbocycles. The molecule has 0 saturated heterocycles. The molecule has 2 aromatic rings. The fourth-order valence-corrected chi connectivity index (χ4v) is 7.35. The van der Waals surface area contributed by atoms with E-state index in [-0.39, 0.29) is 0 Å². The van der Waals surface area contributed by atoms with Crippen LogP contribution in [0.15, 0.2) is 36.4 Å². The molecule has 0 heterocycles. The van der Waals surface area contributed by atoms with Gasteiger partial charge < -0.3 is 0 Å². The average molecular weight is 302 g/mol. The standard InChI is InChI=1S/C23H26/c1-2-4-17-10-19-11-22(6-5-18(19)9-16(17)3-1)23-12-15-7-20(13-23)21(8-15)14-23/h1-4,9-10,15,20-22H,5-8,11-14H2. The maximum atomic E-state index is 2.52. The number of hydrogen-bond donors (Lipinski definition) is 0. The molecular weight excluding hydrogens is 276 g/mol. The van der Waals surface area contributed by atoms with Crippen molar-refractivity contribution in [3.63, 3.8) is 0 Å². The highest BCUT2D eigenvalue weighted by atomic mass is 14.6. The molecule has 4 bridgehead atoms. The van der Waals surface area contributed by atoms with Gasteiger partial charge in [-0.15, -0.1) is 0 Å². The normalized spacial score (nSPS) is 40.7. The van der Waals surface area contributed by atoms with Crippen LogP contribution in [0.2, 0.25) is 0 Å². The topological polar surface area (TPSA) is 0 Å². The van der Waals surface area contributed by atoms with Gasteiger partial charge in [0.1, 0.15) is 0 Å². The van der Waals surface area contributed by atoms with Gasteiger partial charge in [0.25, 0.3) is 0 Å². The number of benzene rings is 2. The first-order valence-corrected chi connectivity index (χ1v) is 9.80. The van der Waals surface area contributed by atoms with Gasteiger partial charge in [0.2, 0.25) is 0 Å². The molecule has 3 unspecified atom stereocenters. The first-order chi connectivity index (χ1) is 11.3. The van der Waals surface area contributed by atoms with Crippen molar-refractivity contribution in [1.29, 1.82) is 0 Å². The van der Waals surface area contributed by atoms with E-state index in [2.05, 4.69) is 36.4 Å². The van der Waals surface area contributed by atoms with E-state index in [1.807, 2.05) is 0 Å². The molecule has 0 aliphatic heterocycles. The van der Waals surface area contributed by atoms with E-state index < -0.39 is 0 Å². The summed E-state index contributed by atoms with van der Waals surface area (Å²) in [6.45, 7) is 0. The lowest BCUT2D eigenvalue weighted by Crippen LogP contribution is -2.37. The number of fused-ring (bicyclic) bond motifs is 2. The van der Waals surface area contributed by atoms with Crippen molar-refractivity contribution >= 4 is 10.8 Å². The van der Waals surface area contributed by atoms with Crippen LogP contribution in [0.25, 0.3) is 10.8 Å². The Balaban J connectivity index is 1.37. The van der Waals surface area contributed by atoms with Gasteiger partial charge in [-0.2, -0.15) is 0 Å². The fourth-order valence-electron chi connectivity index (χ4n) is 7.35. The van der Waals surface area contributed by atoms with Crippen LogP contribution in [0.3, 0.4) is 0 Å². The average Bonchev–Trinajstić information content (AvgIpc) is 3.00. The lowest BCUT2D eigenvalue weighted by Gasteiger charge is -2.46. The first-order valence-electron chi connectivity index (χ1n) is 9.80. The molecule has 0 spiro atoms. The predicted molar refractivity (Wildman–Crippen MR) is 95.5 cm³/mol. The van der Waals surface area contributed by atoms with E-state index in [0.717, 1.165) is 29.1 Å². The molecular formula is C23H26. The summed E-state index contributed by atoms with van der Waals surface area (Å²) in [4.78, 5) is 0. The van der Waals surface area contributed by atoms with E-state index in [4.69, 9.17) is 0 Å². The minimum atomic E-state index is 0.750. The van der Waals surface area contributed by atoms with Crippen LogP contribution in [0.5, 0.6) is 0 Å². The molecule has 0 nitrogen and oxygen atoms in total. The van der Waals surface area contributed by atoms with Crippen molar-refractivity contribution in [3.8, 4) is 0 Å². The SMILES string of the molecule is c1ccc2cc3c(cc2c1)CCC(C12CC4CC(C1)C(C4)C2)C3. The summed E-state index contributed by atoms with van der Waals surface area (Å²) in [7, 11) is 0. The van der Waals surface area contributed by atoms with E-state index in [0.29, 0.717) is 0 Å². The van der Waals surface area contributed by atoms with Gasteiger partial charge >= 0.3 is 0 Å². The van der Waals surface area contributed by atoms with Crippen LogP contribution in [0, 0.1) is 29.1 Å². The molecule has 23 heavy (non-hydrogen) atoms. The van der Waals surface area contributed by atoms with Crippen LogP contribution < -0.4 is 0 Å². The molecule has 5 aliphatic rings. The quantitative estimate of drug-likeness (QED) is 0.627. The van der Waals surface area contributed by atoms with Crippen molar-refractivity contribution in [1.82, 2.24) is 0 Å². The van der Waals surface area contributed by atoms with Gasteiger partial charge in [0.15, 0.2) is 0 Å². The third-order valence-corrected chi connectivity index (χ3v) is 8.13. The zero-order valence-electron chi connectivity index (χ0n) is 13.9. The molecule has 0 aromatic heterocycles. The Bertz CT molecular complexity index is 766. The summed E-state index contributed by atoms with van der Waals surface area (Å²) in [5, 5.41) is 2.88. The van der Waals surface area contributed by atoms with Crippen LogP contribution >= 0.6 is 0 Å². The predicted octanol–water partition coefficient (Wildman–Crippen LogP) is 5.77. The largest absolute Gasteiger partial charge is 0.0616 e. The Kier molecular flexibility index (Phi) is 2.50. The maximum Gasteiger partial charge on any atom is -0.0181 e. The lowest BCUT2D eigenvalue weighted by atomic mass is 9.59. The molecule has 4 fully saturated rings. The monoisotopic (exact) mass is 302 g/mol. The molecule has 0 heteroatoms.